The van der Waals surface area contributed by atoms with Gasteiger partial charge in [-0.15, -0.1) is 0 Å². The van der Waals surface area contributed by atoms with Gasteiger partial charge in [0, 0.05) is 60.1 Å². The molecular formula is C26H28ClN4+. The van der Waals surface area contributed by atoms with E-state index in [0.29, 0.717) is 5.92 Å². The molecule has 158 valence electrons. The van der Waals surface area contributed by atoms with Crippen molar-refractivity contribution in [3.63, 3.8) is 0 Å². The minimum atomic E-state index is 0.511. The Hall–Kier alpha value is -2.56. The molecule has 0 aliphatic carbocycles. The number of nitrogens with zero attached hydrogens (tertiary/aromatic N) is 3. The van der Waals surface area contributed by atoms with Gasteiger partial charge >= 0.3 is 0 Å². The maximum atomic E-state index is 6.50. The molecule has 0 saturated carbocycles. The van der Waals surface area contributed by atoms with Crippen LogP contribution in [0.2, 0.25) is 5.02 Å². The van der Waals surface area contributed by atoms with E-state index < -0.39 is 0 Å². The first-order valence-corrected chi connectivity index (χ1v) is 11.6. The second-order valence-electron chi connectivity index (χ2n) is 8.60. The first-order valence-electron chi connectivity index (χ1n) is 11.2. The average Bonchev–Trinajstić information content (AvgIpc) is 3.15. The minimum absolute atomic E-state index is 0.511. The Bertz CT molecular complexity index is 1230. The lowest BCUT2D eigenvalue weighted by Gasteiger charge is -2.22. The third-order valence-corrected chi connectivity index (χ3v) is 6.65. The van der Waals surface area contributed by atoms with Crippen molar-refractivity contribution >= 4 is 33.3 Å². The fourth-order valence-corrected chi connectivity index (χ4v) is 5.12. The van der Waals surface area contributed by atoms with Crippen molar-refractivity contribution in [3.05, 3.63) is 77.0 Å². The number of pyridine rings is 1. The summed E-state index contributed by atoms with van der Waals surface area (Å²) in [6.07, 6.45) is 10.3. The lowest BCUT2D eigenvalue weighted by Crippen LogP contribution is -2.26. The monoisotopic (exact) mass is 431 g/mol. The Morgan fingerprint density at radius 1 is 1.19 bits per heavy atom. The van der Waals surface area contributed by atoms with Crippen molar-refractivity contribution in [2.75, 3.05) is 13.1 Å². The zero-order valence-electron chi connectivity index (χ0n) is 17.9. The quantitative estimate of drug-likeness (QED) is 0.398. The van der Waals surface area contributed by atoms with Crippen LogP contribution in [0.15, 0.2) is 55.1 Å². The topological polar surface area (TPSA) is 42.7 Å². The van der Waals surface area contributed by atoms with Crippen LogP contribution in [0.3, 0.4) is 0 Å². The third-order valence-electron chi connectivity index (χ3n) is 6.41. The van der Waals surface area contributed by atoms with Gasteiger partial charge in [-0.05, 0) is 69.4 Å². The number of nitrogens with one attached hydrogen (secondary N) is 1. The Balaban J connectivity index is 1.65. The van der Waals surface area contributed by atoms with Crippen LogP contribution in [0.1, 0.15) is 42.0 Å². The largest absolute Gasteiger partial charge is 0.337 e. The molecule has 1 N–H and O–H groups in total. The molecule has 1 aliphatic rings. The van der Waals surface area contributed by atoms with Gasteiger partial charge in [0.1, 0.15) is 10.5 Å². The number of imidazole rings is 1. The van der Waals surface area contributed by atoms with E-state index in [9.17, 15) is 0 Å². The molecule has 5 rings (SSSR count). The van der Waals surface area contributed by atoms with E-state index in [1.165, 1.54) is 27.3 Å². The first kappa shape index (κ1) is 20.3. The zero-order chi connectivity index (χ0) is 21.2. The summed E-state index contributed by atoms with van der Waals surface area (Å²) in [4.78, 5) is 9.23. The van der Waals surface area contributed by atoms with E-state index in [2.05, 4.69) is 45.3 Å². The minimum Gasteiger partial charge on any atom is -0.337 e. The van der Waals surface area contributed by atoms with E-state index >= 15 is 0 Å². The molecule has 0 amide bonds. The van der Waals surface area contributed by atoms with Crippen molar-refractivity contribution in [1.82, 2.24) is 19.9 Å². The van der Waals surface area contributed by atoms with Crippen LogP contribution >= 0.6 is 11.6 Å². The number of hydrogen-bond acceptors (Lipinski definition) is 3. The lowest BCUT2D eigenvalue weighted by atomic mass is 9.87. The summed E-state index contributed by atoms with van der Waals surface area (Å²) in [5.74, 6) is 0.511. The highest BCUT2D eigenvalue weighted by Crippen LogP contribution is 2.37. The molecule has 31 heavy (non-hydrogen) atoms. The highest BCUT2D eigenvalue weighted by Gasteiger charge is 2.25. The standard InChI is InChI=1S/C26H28ClN4/c1-18-16-31(17-30-18)13-3-5-20-14-21-4-2-10-29-26(21)25(19-8-11-28-12-9-19)23-7-6-22(27)15-24(20)23/h2,4,6-7,10,14-17,19,28H,3,5,8-9,11-13H2,1H3/q+1. The molecule has 3 heterocycles. The summed E-state index contributed by atoms with van der Waals surface area (Å²) in [6, 6.07) is 13.0. The Morgan fingerprint density at radius 3 is 2.87 bits per heavy atom. The Kier molecular flexibility index (Phi) is 5.84. The number of fused-ring (bicyclic) bond motifs is 2. The summed E-state index contributed by atoms with van der Waals surface area (Å²) in [6.45, 7) is 5.11. The van der Waals surface area contributed by atoms with Crippen molar-refractivity contribution < 1.29 is 0 Å². The van der Waals surface area contributed by atoms with Crippen LogP contribution < -0.4 is 5.32 Å². The maximum absolute atomic E-state index is 6.50. The van der Waals surface area contributed by atoms with Gasteiger partial charge < -0.3 is 9.88 Å². The predicted molar refractivity (Wildman–Crippen MR) is 129 cm³/mol. The molecule has 4 nitrogen and oxygen atoms in total. The molecule has 0 radical (unpaired) electrons. The van der Waals surface area contributed by atoms with Crippen molar-refractivity contribution in [2.45, 2.75) is 45.1 Å². The summed E-state index contributed by atoms with van der Waals surface area (Å²) < 4.78 is 2.17. The molecule has 1 aliphatic heterocycles. The highest BCUT2D eigenvalue weighted by molar-refractivity contribution is 6.31. The van der Waals surface area contributed by atoms with Crippen LogP contribution in [0.5, 0.6) is 0 Å². The van der Waals surface area contributed by atoms with Gasteiger partial charge in [-0.25, -0.2) is 9.97 Å². The van der Waals surface area contributed by atoms with E-state index in [4.69, 9.17) is 16.6 Å². The van der Waals surface area contributed by atoms with E-state index in [0.717, 1.165) is 61.6 Å². The molecule has 1 fully saturated rings. The fraction of sp³-hybridized carbons (Fsp3) is 0.346. The van der Waals surface area contributed by atoms with Crippen LogP contribution in [0.4, 0.5) is 0 Å². The van der Waals surface area contributed by atoms with Gasteiger partial charge in [0.2, 0.25) is 0 Å². The number of benzene rings is 1. The second kappa shape index (κ2) is 8.89. The number of piperidine rings is 1. The third kappa shape index (κ3) is 4.28. The van der Waals surface area contributed by atoms with Crippen LogP contribution in [0, 0.1) is 6.92 Å². The highest BCUT2D eigenvalue weighted by atomic mass is 35.5. The predicted octanol–water partition coefficient (Wildman–Crippen LogP) is 5.93. The number of aromatic nitrogens is 3. The summed E-state index contributed by atoms with van der Waals surface area (Å²) in [5.41, 5.74) is 4.93. The zero-order valence-corrected chi connectivity index (χ0v) is 18.7. The van der Waals surface area contributed by atoms with Gasteiger partial charge in [-0.1, -0.05) is 0 Å². The Labute approximate surface area is 188 Å². The van der Waals surface area contributed by atoms with E-state index in [-0.39, 0.29) is 0 Å². The molecule has 1 saturated heterocycles. The van der Waals surface area contributed by atoms with Crippen molar-refractivity contribution in [2.24, 2.45) is 0 Å². The SMILES string of the molecule is Cc1cn(CCCc2cc3cccnc3c(C3CCNCC3)c3ccc(Cl)c[c+]23)cn1. The molecular weight excluding hydrogens is 404 g/mol. The summed E-state index contributed by atoms with van der Waals surface area (Å²) in [7, 11) is 0. The maximum Gasteiger partial charge on any atom is 0.115 e. The molecule has 4 aromatic rings. The van der Waals surface area contributed by atoms with Crippen molar-refractivity contribution in [3.8, 4) is 0 Å². The van der Waals surface area contributed by atoms with Gasteiger partial charge in [0.25, 0.3) is 0 Å². The smallest absolute Gasteiger partial charge is 0.115 e. The molecule has 0 atom stereocenters. The van der Waals surface area contributed by atoms with Gasteiger partial charge in [0.15, 0.2) is 0 Å². The van der Waals surface area contributed by atoms with Crippen LogP contribution in [-0.2, 0) is 13.0 Å². The average molecular weight is 432 g/mol. The molecule has 5 heteroatoms. The molecule has 0 bridgehead atoms. The second-order valence-corrected chi connectivity index (χ2v) is 9.03. The summed E-state index contributed by atoms with van der Waals surface area (Å²) >= 11 is 6.50. The molecule has 0 spiro atoms. The molecule has 2 aromatic heterocycles. The van der Waals surface area contributed by atoms with Crippen LogP contribution in [0.25, 0.3) is 21.7 Å². The Morgan fingerprint density at radius 2 is 2.06 bits per heavy atom. The van der Waals surface area contributed by atoms with E-state index in [1.54, 1.807) is 0 Å². The van der Waals surface area contributed by atoms with Crippen LogP contribution in [-0.4, -0.2) is 27.6 Å². The fourth-order valence-electron chi connectivity index (χ4n) is 4.95. The first-order chi connectivity index (χ1) is 15.2. The van der Waals surface area contributed by atoms with E-state index in [1.807, 2.05) is 31.6 Å². The summed E-state index contributed by atoms with van der Waals surface area (Å²) in [5, 5.41) is 8.08. The van der Waals surface area contributed by atoms with Gasteiger partial charge in [-0.2, -0.15) is 0 Å². The normalized spacial score (nSPS) is 15.0. The lowest BCUT2D eigenvalue weighted by molar-refractivity contribution is 0.464. The van der Waals surface area contributed by atoms with Crippen molar-refractivity contribution in [1.29, 1.82) is 0 Å². The molecule has 0 unspecified atom stereocenters. The van der Waals surface area contributed by atoms with Gasteiger partial charge in [-0.3, -0.25) is 0 Å². The molecule has 2 aromatic carbocycles. The number of aryl methyl sites for hydroxylation is 3. The number of hydrogen-bond donors (Lipinski definition) is 1. The number of halogens is 1. The number of rotatable bonds is 5. The van der Waals surface area contributed by atoms with Gasteiger partial charge in [0.05, 0.1) is 28.4 Å².